The number of nitrogens with one attached hydrogen (secondary N) is 1. The predicted molar refractivity (Wildman–Crippen MR) is 79.6 cm³/mol. The summed E-state index contributed by atoms with van der Waals surface area (Å²) in [5.41, 5.74) is 3.38. The van der Waals surface area contributed by atoms with E-state index >= 15 is 0 Å². The maximum Gasteiger partial charge on any atom is 0.243 e. The van der Waals surface area contributed by atoms with E-state index in [1.54, 1.807) is 4.90 Å². The van der Waals surface area contributed by atoms with Crippen LogP contribution < -0.4 is 10.2 Å². The summed E-state index contributed by atoms with van der Waals surface area (Å²) < 4.78 is 0. The first kappa shape index (κ1) is 14.1. The molecule has 1 aromatic carbocycles. The number of piperidine rings is 1. The first-order valence-electron chi connectivity index (χ1n) is 7.09. The number of amides is 1. The van der Waals surface area contributed by atoms with Gasteiger partial charge < -0.3 is 10.2 Å². The summed E-state index contributed by atoms with van der Waals surface area (Å²) in [6.45, 7) is 6.28. The van der Waals surface area contributed by atoms with Crippen molar-refractivity contribution in [3.63, 3.8) is 0 Å². The van der Waals surface area contributed by atoms with E-state index in [1.807, 2.05) is 7.05 Å². The second-order valence-corrected chi connectivity index (χ2v) is 5.79. The van der Waals surface area contributed by atoms with Crippen LogP contribution in [0, 0.1) is 13.8 Å². The van der Waals surface area contributed by atoms with Crippen molar-refractivity contribution in [3.05, 3.63) is 29.3 Å². The standard InChI is InChI=1S/C16H24N2O/c1-11-8-12(2)10-14(9-11)18(4)16(19)15-7-5-6-13(3)17-15/h8-10,13,15,17H,5-7H2,1-4H3. The van der Waals surface area contributed by atoms with Crippen molar-refractivity contribution >= 4 is 11.6 Å². The van der Waals surface area contributed by atoms with Gasteiger partial charge in [-0.1, -0.05) is 6.07 Å². The number of benzene rings is 1. The Kier molecular flexibility index (Phi) is 4.25. The summed E-state index contributed by atoms with van der Waals surface area (Å²) in [6, 6.07) is 6.67. The Morgan fingerprint density at radius 2 is 1.84 bits per heavy atom. The number of aryl methyl sites for hydroxylation is 2. The van der Waals surface area contributed by atoms with E-state index in [9.17, 15) is 4.79 Å². The van der Waals surface area contributed by atoms with Crippen molar-refractivity contribution in [3.8, 4) is 0 Å². The molecule has 1 amide bonds. The second-order valence-electron chi connectivity index (χ2n) is 5.79. The van der Waals surface area contributed by atoms with Crippen LogP contribution in [0.5, 0.6) is 0 Å². The fraction of sp³-hybridized carbons (Fsp3) is 0.562. The van der Waals surface area contributed by atoms with Crippen molar-refractivity contribution in [2.75, 3.05) is 11.9 Å². The van der Waals surface area contributed by atoms with Gasteiger partial charge in [0.2, 0.25) is 5.91 Å². The molecule has 1 saturated heterocycles. The molecule has 0 bridgehead atoms. The minimum absolute atomic E-state index is 0.0328. The molecule has 1 aliphatic rings. The van der Waals surface area contributed by atoms with E-state index in [0.717, 1.165) is 24.9 Å². The molecule has 3 heteroatoms. The third-order valence-electron chi connectivity index (χ3n) is 3.84. The van der Waals surface area contributed by atoms with Gasteiger partial charge in [0, 0.05) is 18.8 Å². The topological polar surface area (TPSA) is 32.3 Å². The number of rotatable bonds is 2. The zero-order chi connectivity index (χ0) is 14.0. The normalized spacial score (nSPS) is 23.2. The van der Waals surface area contributed by atoms with Gasteiger partial charge in [-0.05, 0) is 63.3 Å². The molecule has 1 aliphatic heterocycles. The molecule has 1 N–H and O–H groups in total. The zero-order valence-corrected chi connectivity index (χ0v) is 12.4. The molecule has 1 aromatic rings. The van der Waals surface area contributed by atoms with Crippen molar-refractivity contribution in [1.82, 2.24) is 5.32 Å². The molecule has 3 nitrogen and oxygen atoms in total. The molecule has 2 rings (SSSR count). The third-order valence-corrected chi connectivity index (χ3v) is 3.84. The van der Waals surface area contributed by atoms with Gasteiger partial charge in [0.25, 0.3) is 0 Å². The molecule has 0 aromatic heterocycles. The Balaban J connectivity index is 2.13. The highest BCUT2D eigenvalue weighted by atomic mass is 16.2. The second kappa shape index (κ2) is 5.74. The largest absolute Gasteiger partial charge is 0.314 e. The summed E-state index contributed by atoms with van der Waals surface area (Å²) in [5, 5.41) is 3.40. The fourth-order valence-electron chi connectivity index (χ4n) is 2.84. The van der Waals surface area contributed by atoms with Crippen LogP contribution >= 0.6 is 0 Å². The van der Waals surface area contributed by atoms with Gasteiger partial charge in [-0.3, -0.25) is 4.79 Å². The van der Waals surface area contributed by atoms with Crippen LogP contribution in [-0.2, 0) is 4.79 Å². The number of carbonyl (C=O) groups excluding carboxylic acids is 1. The molecule has 0 saturated carbocycles. The van der Waals surface area contributed by atoms with Crippen LogP contribution in [0.15, 0.2) is 18.2 Å². The lowest BCUT2D eigenvalue weighted by Crippen LogP contribution is -2.50. The lowest BCUT2D eigenvalue weighted by Gasteiger charge is -2.31. The molecular weight excluding hydrogens is 236 g/mol. The van der Waals surface area contributed by atoms with Crippen molar-refractivity contribution in [1.29, 1.82) is 0 Å². The number of anilines is 1. The maximum absolute atomic E-state index is 12.5. The van der Waals surface area contributed by atoms with Gasteiger partial charge in [0.15, 0.2) is 0 Å². The van der Waals surface area contributed by atoms with Crippen LogP contribution in [0.1, 0.15) is 37.3 Å². The summed E-state index contributed by atoms with van der Waals surface area (Å²) in [4.78, 5) is 14.3. The molecule has 2 unspecified atom stereocenters. The lowest BCUT2D eigenvalue weighted by atomic mass is 9.98. The third kappa shape index (κ3) is 3.35. The molecule has 2 atom stereocenters. The lowest BCUT2D eigenvalue weighted by molar-refractivity contribution is -0.121. The number of hydrogen-bond acceptors (Lipinski definition) is 2. The van der Waals surface area contributed by atoms with Gasteiger partial charge in [0.1, 0.15) is 0 Å². The number of nitrogens with zero attached hydrogens (tertiary/aromatic N) is 1. The van der Waals surface area contributed by atoms with Gasteiger partial charge in [-0.2, -0.15) is 0 Å². The van der Waals surface area contributed by atoms with Crippen LogP contribution in [0.25, 0.3) is 0 Å². The first-order chi connectivity index (χ1) is 8.97. The Morgan fingerprint density at radius 1 is 1.21 bits per heavy atom. The maximum atomic E-state index is 12.5. The minimum Gasteiger partial charge on any atom is -0.314 e. The van der Waals surface area contributed by atoms with Crippen molar-refractivity contribution in [2.24, 2.45) is 0 Å². The number of likely N-dealkylation sites (N-methyl/N-ethyl adjacent to an activating group) is 1. The molecular formula is C16H24N2O. The molecule has 0 spiro atoms. The molecule has 0 radical (unpaired) electrons. The van der Waals surface area contributed by atoms with E-state index in [-0.39, 0.29) is 11.9 Å². The summed E-state index contributed by atoms with van der Waals surface area (Å²) in [7, 11) is 1.87. The fourth-order valence-corrected chi connectivity index (χ4v) is 2.84. The smallest absolute Gasteiger partial charge is 0.243 e. The Bertz CT molecular complexity index is 450. The average molecular weight is 260 g/mol. The SMILES string of the molecule is Cc1cc(C)cc(N(C)C(=O)C2CCCC(C)N2)c1. The molecule has 1 fully saturated rings. The number of hydrogen-bond donors (Lipinski definition) is 1. The monoisotopic (exact) mass is 260 g/mol. The highest BCUT2D eigenvalue weighted by molar-refractivity contribution is 5.96. The predicted octanol–water partition coefficient (Wildman–Crippen LogP) is 2.80. The van der Waals surface area contributed by atoms with Gasteiger partial charge >= 0.3 is 0 Å². The first-order valence-corrected chi connectivity index (χ1v) is 7.09. The summed E-state index contributed by atoms with van der Waals surface area (Å²) in [5.74, 6) is 0.177. The zero-order valence-electron chi connectivity index (χ0n) is 12.4. The highest BCUT2D eigenvalue weighted by Crippen LogP contribution is 2.20. The van der Waals surface area contributed by atoms with E-state index in [4.69, 9.17) is 0 Å². The van der Waals surface area contributed by atoms with Gasteiger partial charge in [0.05, 0.1) is 6.04 Å². The quantitative estimate of drug-likeness (QED) is 0.887. The van der Waals surface area contributed by atoms with Crippen molar-refractivity contribution in [2.45, 2.75) is 52.1 Å². The average Bonchev–Trinajstić information content (AvgIpc) is 2.36. The summed E-state index contributed by atoms with van der Waals surface area (Å²) >= 11 is 0. The molecule has 19 heavy (non-hydrogen) atoms. The number of carbonyl (C=O) groups is 1. The Hall–Kier alpha value is -1.35. The molecule has 0 aliphatic carbocycles. The molecule has 1 heterocycles. The van der Waals surface area contributed by atoms with E-state index in [0.29, 0.717) is 6.04 Å². The van der Waals surface area contributed by atoms with Crippen LogP contribution in [0.4, 0.5) is 5.69 Å². The Morgan fingerprint density at radius 3 is 2.42 bits per heavy atom. The van der Waals surface area contributed by atoms with Crippen molar-refractivity contribution < 1.29 is 4.79 Å². The minimum atomic E-state index is -0.0328. The van der Waals surface area contributed by atoms with Gasteiger partial charge in [-0.25, -0.2) is 0 Å². The molecule has 104 valence electrons. The Labute approximate surface area is 116 Å². The van der Waals surface area contributed by atoms with E-state index in [2.05, 4.69) is 44.3 Å². The highest BCUT2D eigenvalue weighted by Gasteiger charge is 2.27. The van der Waals surface area contributed by atoms with Crippen LogP contribution in [-0.4, -0.2) is 25.0 Å². The summed E-state index contributed by atoms with van der Waals surface area (Å²) in [6.07, 6.45) is 3.24. The van der Waals surface area contributed by atoms with Gasteiger partial charge in [-0.15, -0.1) is 0 Å². The van der Waals surface area contributed by atoms with Crippen LogP contribution in [0.2, 0.25) is 0 Å². The van der Waals surface area contributed by atoms with E-state index in [1.165, 1.54) is 11.1 Å². The van der Waals surface area contributed by atoms with E-state index < -0.39 is 0 Å². The van der Waals surface area contributed by atoms with Crippen LogP contribution in [0.3, 0.4) is 0 Å².